The molecule has 2 aromatic rings. The Balaban J connectivity index is 2.00. The smallest absolute Gasteiger partial charge is 0.239 e. The Bertz CT molecular complexity index is 905. The fourth-order valence-electron chi connectivity index (χ4n) is 2.18. The zero-order valence-corrected chi connectivity index (χ0v) is 15.4. The Kier molecular flexibility index (Phi) is 5.98. The summed E-state index contributed by atoms with van der Waals surface area (Å²) < 4.78 is 24.2. The van der Waals surface area contributed by atoms with Crippen LogP contribution in [-0.2, 0) is 14.6 Å². The Morgan fingerprint density at radius 3 is 2.20 bits per heavy atom. The van der Waals surface area contributed by atoms with E-state index in [4.69, 9.17) is 11.6 Å². The van der Waals surface area contributed by atoms with E-state index in [-0.39, 0.29) is 0 Å². The normalized spacial score (nSPS) is 11.2. The van der Waals surface area contributed by atoms with Gasteiger partial charge in [0.15, 0.2) is 15.6 Å². The molecular weight excluding hydrogens is 362 g/mol. The number of halogens is 1. The molecule has 1 N–H and O–H groups in total. The van der Waals surface area contributed by atoms with Gasteiger partial charge in [-0.05, 0) is 55.3 Å². The van der Waals surface area contributed by atoms with Crippen molar-refractivity contribution in [2.75, 3.05) is 16.8 Å². The van der Waals surface area contributed by atoms with E-state index in [1.54, 1.807) is 42.5 Å². The van der Waals surface area contributed by atoms with Gasteiger partial charge in [0.25, 0.3) is 0 Å². The SMILES string of the molecule is Cc1ccc(C(=O)CS(=O)(=O)CC(=O)Nc2ccc(Cl)cc2)cc1C. The average molecular weight is 380 g/mol. The number of Topliss-reactive ketones (excluding diaryl/α,β-unsaturated/α-hetero) is 1. The predicted octanol–water partition coefficient (Wildman–Crippen LogP) is 3.19. The van der Waals surface area contributed by atoms with Crippen LogP contribution in [0.15, 0.2) is 42.5 Å². The molecule has 0 fully saturated rings. The summed E-state index contributed by atoms with van der Waals surface area (Å²) in [5.74, 6) is -2.69. The first kappa shape index (κ1) is 19.1. The van der Waals surface area contributed by atoms with Gasteiger partial charge in [-0.25, -0.2) is 8.42 Å². The second-order valence-electron chi connectivity index (χ2n) is 5.81. The van der Waals surface area contributed by atoms with Gasteiger partial charge in [-0.15, -0.1) is 0 Å². The third-order valence-electron chi connectivity index (χ3n) is 3.66. The monoisotopic (exact) mass is 379 g/mol. The van der Waals surface area contributed by atoms with Crippen molar-refractivity contribution in [2.24, 2.45) is 0 Å². The van der Waals surface area contributed by atoms with Gasteiger partial charge in [0.1, 0.15) is 11.5 Å². The first-order valence-electron chi connectivity index (χ1n) is 7.52. The molecule has 0 aromatic heterocycles. The summed E-state index contributed by atoms with van der Waals surface area (Å²) >= 11 is 5.74. The lowest BCUT2D eigenvalue weighted by molar-refractivity contribution is -0.113. The molecule has 0 aliphatic carbocycles. The largest absolute Gasteiger partial charge is 0.325 e. The molecule has 0 saturated heterocycles. The van der Waals surface area contributed by atoms with Gasteiger partial charge >= 0.3 is 0 Å². The fourth-order valence-corrected chi connectivity index (χ4v) is 3.44. The van der Waals surface area contributed by atoms with Gasteiger partial charge < -0.3 is 5.32 Å². The molecule has 0 saturated carbocycles. The molecule has 0 aliphatic rings. The standard InChI is InChI=1S/C18H18ClNO4S/c1-12-3-4-14(9-13(12)2)17(21)10-25(23,24)11-18(22)20-16-7-5-15(19)6-8-16/h3-9H,10-11H2,1-2H3,(H,20,22). The number of nitrogens with one attached hydrogen (secondary N) is 1. The summed E-state index contributed by atoms with van der Waals surface area (Å²) in [5, 5.41) is 2.97. The summed E-state index contributed by atoms with van der Waals surface area (Å²) in [6.45, 7) is 3.75. The molecule has 2 aromatic carbocycles. The maximum atomic E-state index is 12.2. The van der Waals surface area contributed by atoms with Crippen LogP contribution in [0, 0.1) is 13.8 Å². The molecule has 25 heavy (non-hydrogen) atoms. The molecule has 1 amide bonds. The molecule has 0 atom stereocenters. The van der Waals surface area contributed by atoms with Crippen molar-refractivity contribution in [1.82, 2.24) is 0 Å². The van der Waals surface area contributed by atoms with Crippen molar-refractivity contribution in [3.05, 3.63) is 64.2 Å². The maximum Gasteiger partial charge on any atom is 0.239 e. The number of amides is 1. The zero-order chi connectivity index (χ0) is 18.6. The highest BCUT2D eigenvalue weighted by molar-refractivity contribution is 7.92. The summed E-state index contributed by atoms with van der Waals surface area (Å²) in [5.41, 5.74) is 2.68. The van der Waals surface area contributed by atoms with Crippen molar-refractivity contribution in [2.45, 2.75) is 13.8 Å². The third kappa shape index (κ3) is 5.69. The van der Waals surface area contributed by atoms with Crippen LogP contribution in [0.5, 0.6) is 0 Å². The zero-order valence-electron chi connectivity index (χ0n) is 13.9. The topological polar surface area (TPSA) is 80.3 Å². The minimum absolute atomic E-state index is 0.324. The second-order valence-corrected chi connectivity index (χ2v) is 8.31. The highest BCUT2D eigenvalue weighted by atomic mass is 35.5. The predicted molar refractivity (Wildman–Crippen MR) is 99.0 cm³/mol. The molecule has 2 rings (SSSR count). The molecule has 0 spiro atoms. The van der Waals surface area contributed by atoms with Gasteiger partial charge in [0.05, 0.1) is 0 Å². The number of ketones is 1. The van der Waals surface area contributed by atoms with Crippen molar-refractivity contribution in [3.63, 3.8) is 0 Å². The van der Waals surface area contributed by atoms with E-state index < -0.39 is 33.0 Å². The Labute approximate surface area is 151 Å². The fraction of sp³-hybridized carbons (Fsp3) is 0.222. The van der Waals surface area contributed by atoms with Gasteiger partial charge in [0.2, 0.25) is 5.91 Å². The summed E-state index contributed by atoms with van der Waals surface area (Å²) in [4.78, 5) is 24.1. The maximum absolute atomic E-state index is 12.2. The highest BCUT2D eigenvalue weighted by Gasteiger charge is 2.22. The summed E-state index contributed by atoms with van der Waals surface area (Å²) in [6.07, 6.45) is 0. The van der Waals surface area contributed by atoms with Crippen LogP contribution in [0.1, 0.15) is 21.5 Å². The van der Waals surface area contributed by atoms with Crippen molar-refractivity contribution >= 4 is 38.8 Å². The minimum atomic E-state index is -3.87. The number of carbonyl (C=O) groups is 2. The highest BCUT2D eigenvalue weighted by Crippen LogP contribution is 2.14. The number of benzene rings is 2. The molecule has 5 nitrogen and oxygen atoms in total. The molecule has 0 unspecified atom stereocenters. The molecule has 132 valence electrons. The number of hydrogen-bond donors (Lipinski definition) is 1. The molecule has 0 radical (unpaired) electrons. The molecule has 7 heteroatoms. The van der Waals surface area contributed by atoms with Gasteiger partial charge in [-0.1, -0.05) is 23.7 Å². The summed E-state index contributed by atoms with van der Waals surface area (Å²) in [6, 6.07) is 11.3. The van der Waals surface area contributed by atoms with Crippen LogP contribution in [-0.4, -0.2) is 31.6 Å². The average Bonchev–Trinajstić information content (AvgIpc) is 2.51. The number of anilines is 1. The van der Waals surface area contributed by atoms with Gasteiger partial charge in [0, 0.05) is 16.3 Å². The van der Waals surface area contributed by atoms with Crippen molar-refractivity contribution < 1.29 is 18.0 Å². The first-order valence-corrected chi connectivity index (χ1v) is 9.72. The number of hydrogen-bond acceptors (Lipinski definition) is 4. The van der Waals surface area contributed by atoms with E-state index in [0.29, 0.717) is 16.3 Å². The van der Waals surface area contributed by atoms with Crippen LogP contribution in [0.25, 0.3) is 0 Å². The van der Waals surface area contributed by atoms with Gasteiger partial charge in [-0.2, -0.15) is 0 Å². The Morgan fingerprint density at radius 1 is 0.960 bits per heavy atom. The van der Waals surface area contributed by atoms with E-state index in [1.807, 2.05) is 13.8 Å². The van der Waals surface area contributed by atoms with Crippen LogP contribution in [0.3, 0.4) is 0 Å². The summed E-state index contributed by atoms with van der Waals surface area (Å²) in [7, 11) is -3.87. The van der Waals surface area contributed by atoms with E-state index in [1.165, 1.54) is 0 Å². The Morgan fingerprint density at radius 2 is 1.60 bits per heavy atom. The molecule has 0 bridgehead atoms. The third-order valence-corrected chi connectivity index (χ3v) is 5.31. The number of rotatable bonds is 6. The lowest BCUT2D eigenvalue weighted by Crippen LogP contribution is -2.27. The van der Waals surface area contributed by atoms with E-state index in [2.05, 4.69) is 5.32 Å². The van der Waals surface area contributed by atoms with Crippen LogP contribution in [0.4, 0.5) is 5.69 Å². The van der Waals surface area contributed by atoms with Crippen LogP contribution >= 0.6 is 11.6 Å². The second kappa shape index (κ2) is 7.80. The van der Waals surface area contributed by atoms with E-state index in [0.717, 1.165) is 11.1 Å². The van der Waals surface area contributed by atoms with E-state index in [9.17, 15) is 18.0 Å². The van der Waals surface area contributed by atoms with Crippen LogP contribution < -0.4 is 5.32 Å². The molecule has 0 heterocycles. The number of sulfone groups is 1. The molecule has 0 aliphatic heterocycles. The van der Waals surface area contributed by atoms with Crippen molar-refractivity contribution in [1.29, 1.82) is 0 Å². The quantitative estimate of drug-likeness (QED) is 0.781. The lowest BCUT2D eigenvalue weighted by Gasteiger charge is -2.07. The van der Waals surface area contributed by atoms with Crippen molar-refractivity contribution in [3.8, 4) is 0 Å². The Hall–Kier alpha value is -2.18. The van der Waals surface area contributed by atoms with E-state index >= 15 is 0 Å². The minimum Gasteiger partial charge on any atom is -0.325 e. The lowest BCUT2D eigenvalue weighted by atomic mass is 10.0. The van der Waals surface area contributed by atoms with Crippen LogP contribution in [0.2, 0.25) is 5.02 Å². The first-order chi connectivity index (χ1) is 11.7. The number of carbonyl (C=O) groups excluding carboxylic acids is 2. The van der Waals surface area contributed by atoms with Gasteiger partial charge in [-0.3, -0.25) is 9.59 Å². The number of aryl methyl sites for hydroxylation is 2. The molecular formula is C18H18ClNO4S.